The third-order valence-corrected chi connectivity index (χ3v) is 3.36. The van der Waals surface area contributed by atoms with Crippen LogP contribution in [0.4, 0.5) is 5.95 Å². The van der Waals surface area contributed by atoms with Crippen molar-refractivity contribution < 1.29 is 4.74 Å². The number of hydrogen-bond acceptors (Lipinski definition) is 7. The topological polar surface area (TPSA) is 63.2 Å². The van der Waals surface area contributed by atoms with Crippen molar-refractivity contribution in [3.63, 3.8) is 0 Å². The van der Waals surface area contributed by atoms with E-state index in [4.69, 9.17) is 4.74 Å². The van der Waals surface area contributed by atoms with Crippen LogP contribution in [0.25, 0.3) is 0 Å². The van der Waals surface area contributed by atoms with Gasteiger partial charge in [-0.1, -0.05) is 25.6 Å². The van der Waals surface area contributed by atoms with E-state index in [1.807, 2.05) is 0 Å². The largest absolute Gasteiger partial charge is 0.467 e. The van der Waals surface area contributed by atoms with Crippen LogP contribution in [0.5, 0.6) is 6.01 Å². The standard InChI is InChI=1S/C11H21N5OS/c1-5-16(6-2)7-8-18-11-14-9(12-3)13-10(15-11)17-4/h5-8H2,1-4H3,(H,12,13,14,15). The molecular weight excluding hydrogens is 250 g/mol. The molecule has 0 spiro atoms. The second-order valence-electron chi connectivity index (χ2n) is 3.55. The van der Waals surface area contributed by atoms with Gasteiger partial charge >= 0.3 is 6.01 Å². The molecule has 0 aliphatic carbocycles. The zero-order chi connectivity index (χ0) is 13.4. The van der Waals surface area contributed by atoms with Crippen molar-refractivity contribution >= 4 is 17.7 Å². The molecule has 0 amide bonds. The highest BCUT2D eigenvalue weighted by atomic mass is 32.2. The summed E-state index contributed by atoms with van der Waals surface area (Å²) in [6.07, 6.45) is 0. The lowest BCUT2D eigenvalue weighted by atomic mass is 10.5. The number of ether oxygens (including phenoxy) is 1. The van der Waals surface area contributed by atoms with E-state index in [0.717, 1.165) is 25.4 Å². The Kier molecular flexibility index (Phi) is 6.74. The molecule has 1 aromatic rings. The Balaban J connectivity index is 2.55. The van der Waals surface area contributed by atoms with Crippen molar-refractivity contribution in [2.75, 3.05) is 44.9 Å². The molecule has 0 atom stereocenters. The fourth-order valence-corrected chi connectivity index (χ4v) is 2.24. The molecule has 0 saturated carbocycles. The molecule has 7 heteroatoms. The molecule has 0 saturated heterocycles. The summed E-state index contributed by atoms with van der Waals surface area (Å²) in [5.74, 6) is 1.49. The number of methoxy groups -OCH3 is 1. The van der Waals surface area contributed by atoms with Crippen LogP contribution in [-0.4, -0.2) is 59.4 Å². The summed E-state index contributed by atoms with van der Waals surface area (Å²) in [6.45, 7) is 7.50. The van der Waals surface area contributed by atoms with Crippen LogP contribution >= 0.6 is 11.8 Å². The summed E-state index contributed by atoms with van der Waals surface area (Å²) < 4.78 is 5.04. The van der Waals surface area contributed by atoms with E-state index in [-0.39, 0.29) is 0 Å². The van der Waals surface area contributed by atoms with Crippen molar-refractivity contribution in [3.05, 3.63) is 0 Å². The third-order valence-electron chi connectivity index (χ3n) is 2.53. The molecule has 0 aliphatic heterocycles. The molecule has 1 N–H and O–H groups in total. The highest BCUT2D eigenvalue weighted by Gasteiger charge is 2.07. The first kappa shape index (κ1) is 15.0. The summed E-state index contributed by atoms with van der Waals surface area (Å²) in [5.41, 5.74) is 0. The van der Waals surface area contributed by atoms with E-state index >= 15 is 0 Å². The van der Waals surface area contributed by atoms with E-state index < -0.39 is 0 Å². The number of hydrogen-bond donors (Lipinski definition) is 1. The van der Waals surface area contributed by atoms with E-state index in [9.17, 15) is 0 Å². The maximum atomic E-state index is 5.04. The van der Waals surface area contributed by atoms with Crippen LogP contribution in [0, 0.1) is 0 Å². The molecule has 0 bridgehead atoms. The van der Waals surface area contributed by atoms with Crippen LogP contribution < -0.4 is 10.1 Å². The fourth-order valence-electron chi connectivity index (χ4n) is 1.41. The van der Waals surface area contributed by atoms with Gasteiger partial charge < -0.3 is 15.0 Å². The fraction of sp³-hybridized carbons (Fsp3) is 0.727. The lowest BCUT2D eigenvalue weighted by Crippen LogP contribution is -2.25. The van der Waals surface area contributed by atoms with Crippen molar-refractivity contribution in [1.82, 2.24) is 19.9 Å². The molecule has 0 unspecified atom stereocenters. The van der Waals surface area contributed by atoms with E-state index in [1.54, 1.807) is 25.9 Å². The first-order valence-electron chi connectivity index (χ1n) is 6.06. The van der Waals surface area contributed by atoms with E-state index in [2.05, 4.69) is 39.0 Å². The Bertz CT molecular complexity index is 337. The summed E-state index contributed by atoms with van der Waals surface area (Å²) in [5, 5.41) is 3.59. The normalized spacial score (nSPS) is 10.7. The number of anilines is 1. The Labute approximate surface area is 113 Å². The Morgan fingerprint density at radius 2 is 1.94 bits per heavy atom. The zero-order valence-corrected chi connectivity index (χ0v) is 12.3. The van der Waals surface area contributed by atoms with Crippen molar-refractivity contribution in [3.8, 4) is 6.01 Å². The molecule has 0 radical (unpaired) electrons. The predicted molar refractivity (Wildman–Crippen MR) is 74.4 cm³/mol. The molecule has 102 valence electrons. The van der Waals surface area contributed by atoms with Gasteiger partial charge in [0, 0.05) is 19.3 Å². The average Bonchev–Trinajstić information content (AvgIpc) is 2.43. The molecule has 0 aliphatic rings. The summed E-state index contributed by atoms with van der Waals surface area (Å²) in [6, 6.07) is 0.347. The minimum Gasteiger partial charge on any atom is -0.467 e. The smallest absolute Gasteiger partial charge is 0.321 e. The number of aromatic nitrogens is 3. The molecule has 0 aromatic carbocycles. The minimum absolute atomic E-state index is 0.347. The number of thioether (sulfide) groups is 1. The molecule has 18 heavy (non-hydrogen) atoms. The van der Waals surface area contributed by atoms with Gasteiger partial charge in [0.05, 0.1) is 7.11 Å². The molecule has 1 heterocycles. The number of rotatable bonds is 8. The van der Waals surface area contributed by atoms with Gasteiger partial charge in [0.25, 0.3) is 0 Å². The maximum absolute atomic E-state index is 5.04. The first-order chi connectivity index (χ1) is 8.73. The van der Waals surface area contributed by atoms with Gasteiger partial charge in [-0.05, 0) is 13.1 Å². The van der Waals surface area contributed by atoms with Crippen molar-refractivity contribution in [2.45, 2.75) is 19.0 Å². The van der Waals surface area contributed by atoms with E-state index in [0.29, 0.717) is 17.1 Å². The molecule has 0 fully saturated rings. The van der Waals surface area contributed by atoms with Crippen LogP contribution in [0.15, 0.2) is 5.16 Å². The van der Waals surface area contributed by atoms with Crippen molar-refractivity contribution in [1.29, 1.82) is 0 Å². The van der Waals surface area contributed by atoms with Crippen LogP contribution in [0.2, 0.25) is 0 Å². The molecule has 6 nitrogen and oxygen atoms in total. The molecule has 1 aromatic heterocycles. The lowest BCUT2D eigenvalue weighted by Gasteiger charge is -2.16. The van der Waals surface area contributed by atoms with Crippen LogP contribution in [0.3, 0.4) is 0 Å². The summed E-state index contributed by atoms with van der Waals surface area (Å²) >= 11 is 1.61. The third kappa shape index (κ3) is 4.66. The summed E-state index contributed by atoms with van der Waals surface area (Å²) in [7, 11) is 3.33. The number of nitrogens with zero attached hydrogens (tertiary/aromatic N) is 4. The second kappa shape index (κ2) is 8.10. The van der Waals surface area contributed by atoms with Gasteiger partial charge in [0.1, 0.15) is 0 Å². The Morgan fingerprint density at radius 3 is 2.50 bits per heavy atom. The SMILES string of the molecule is CCN(CC)CCSc1nc(NC)nc(OC)n1. The van der Waals surface area contributed by atoms with E-state index in [1.165, 1.54) is 0 Å². The highest BCUT2D eigenvalue weighted by Crippen LogP contribution is 2.17. The predicted octanol–water partition coefficient (Wildman–Crippen LogP) is 1.36. The minimum atomic E-state index is 0.347. The Hall–Kier alpha value is -1.08. The first-order valence-corrected chi connectivity index (χ1v) is 7.05. The van der Waals surface area contributed by atoms with Gasteiger partial charge in [0.2, 0.25) is 5.95 Å². The van der Waals surface area contributed by atoms with Gasteiger partial charge in [-0.25, -0.2) is 0 Å². The number of nitrogens with one attached hydrogen (secondary N) is 1. The van der Waals surface area contributed by atoms with Crippen molar-refractivity contribution in [2.24, 2.45) is 0 Å². The van der Waals surface area contributed by atoms with Crippen LogP contribution in [-0.2, 0) is 0 Å². The maximum Gasteiger partial charge on any atom is 0.321 e. The second-order valence-corrected chi connectivity index (χ2v) is 4.62. The van der Waals surface area contributed by atoms with Gasteiger partial charge in [-0.3, -0.25) is 0 Å². The lowest BCUT2D eigenvalue weighted by molar-refractivity contribution is 0.323. The quantitative estimate of drug-likeness (QED) is 0.716. The molecule has 1 rings (SSSR count). The Morgan fingerprint density at radius 1 is 1.22 bits per heavy atom. The average molecular weight is 271 g/mol. The van der Waals surface area contributed by atoms with Gasteiger partial charge in [0.15, 0.2) is 5.16 Å². The molecular formula is C11H21N5OS. The zero-order valence-electron chi connectivity index (χ0n) is 11.4. The van der Waals surface area contributed by atoms with Crippen LogP contribution in [0.1, 0.15) is 13.8 Å². The summed E-state index contributed by atoms with van der Waals surface area (Å²) in [4.78, 5) is 14.9. The monoisotopic (exact) mass is 271 g/mol. The van der Waals surface area contributed by atoms with Gasteiger partial charge in [-0.2, -0.15) is 15.0 Å². The van der Waals surface area contributed by atoms with Gasteiger partial charge in [-0.15, -0.1) is 0 Å². The highest BCUT2D eigenvalue weighted by molar-refractivity contribution is 7.99.